The van der Waals surface area contributed by atoms with Crippen molar-refractivity contribution in [3.8, 4) is 0 Å². The molecule has 0 radical (unpaired) electrons. The van der Waals surface area contributed by atoms with Gasteiger partial charge in [-0.2, -0.15) is 0 Å². The van der Waals surface area contributed by atoms with Crippen LogP contribution in [0.4, 0.5) is 0 Å². The Hall–Kier alpha value is -2.11. The second kappa shape index (κ2) is 6.77. The van der Waals surface area contributed by atoms with Crippen LogP contribution < -0.4 is 10.9 Å². The summed E-state index contributed by atoms with van der Waals surface area (Å²) in [5.74, 6) is 0.0655. The number of aromatic nitrogens is 1. The van der Waals surface area contributed by atoms with Gasteiger partial charge in [-0.25, -0.2) is 0 Å². The van der Waals surface area contributed by atoms with E-state index in [1.165, 1.54) is 6.92 Å². The lowest BCUT2D eigenvalue weighted by atomic mass is 9.99. The number of hydrogen-bond donors (Lipinski definition) is 2. The van der Waals surface area contributed by atoms with Crippen LogP contribution >= 0.6 is 0 Å². The molecule has 0 bridgehead atoms. The van der Waals surface area contributed by atoms with E-state index in [1.807, 2.05) is 13.8 Å². The van der Waals surface area contributed by atoms with Gasteiger partial charge in [-0.3, -0.25) is 14.4 Å². The minimum atomic E-state index is -0.484. The van der Waals surface area contributed by atoms with E-state index in [1.54, 1.807) is 17.2 Å². The molecule has 6 nitrogen and oxygen atoms in total. The van der Waals surface area contributed by atoms with E-state index in [0.29, 0.717) is 31.8 Å². The maximum Gasteiger partial charge on any atom is 0.248 e. The Morgan fingerprint density at radius 3 is 2.73 bits per heavy atom. The zero-order valence-corrected chi connectivity index (χ0v) is 13.3. The Bertz CT molecular complexity index is 621. The van der Waals surface area contributed by atoms with Gasteiger partial charge in [0.05, 0.1) is 0 Å². The molecule has 6 heteroatoms. The van der Waals surface area contributed by atoms with Crippen LogP contribution in [0.1, 0.15) is 38.3 Å². The first-order valence-corrected chi connectivity index (χ1v) is 7.63. The first-order valence-electron chi connectivity index (χ1n) is 7.63. The topological polar surface area (TPSA) is 82.3 Å². The van der Waals surface area contributed by atoms with Crippen LogP contribution in [0, 0.1) is 5.92 Å². The third-order valence-electron chi connectivity index (χ3n) is 3.81. The molecule has 2 amide bonds. The van der Waals surface area contributed by atoms with Gasteiger partial charge in [-0.1, -0.05) is 13.8 Å². The van der Waals surface area contributed by atoms with Gasteiger partial charge in [0.15, 0.2) is 0 Å². The molecule has 0 spiro atoms. The molecule has 22 heavy (non-hydrogen) atoms. The van der Waals surface area contributed by atoms with Gasteiger partial charge < -0.3 is 15.2 Å². The fraction of sp³-hybridized carbons (Fsp3) is 0.562. The molecular weight excluding hydrogens is 282 g/mol. The Balaban J connectivity index is 2.12. The van der Waals surface area contributed by atoms with Gasteiger partial charge in [-0.15, -0.1) is 0 Å². The number of nitrogens with one attached hydrogen (secondary N) is 2. The molecule has 1 aromatic rings. The molecule has 0 aliphatic carbocycles. The number of rotatable bonds is 4. The molecule has 0 saturated heterocycles. The highest BCUT2D eigenvalue weighted by Gasteiger charge is 2.28. The predicted octanol–water partition coefficient (Wildman–Crippen LogP) is 0.810. The number of aromatic amines is 1. The van der Waals surface area contributed by atoms with Crippen molar-refractivity contribution in [1.29, 1.82) is 0 Å². The summed E-state index contributed by atoms with van der Waals surface area (Å²) < 4.78 is 0. The van der Waals surface area contributed by atoms with E-state index in [2.05, 4.69) is 10.3 Å². The third kappa shape index (κ3) is 3.96. The Kier molecular flexibility index (Phi) is 5.00. The zero-order valence-electron chi connectivity index (χ0n) is 13.3. The molecule has 120 valence electrons. The number of fused-ring (bicyclic) bond motifs is 1. The Morgan fingerprint density at radius 2 is 2.09 bits per heavy atom. The van der Waals surface area contributed by atoms with Crippen molar-refractivity contribution in [2.45, 2.75) is 46.2 Å². The van der Waals surface area contributed by atoms with E-state index in [9.17, 15) is 14.4 Å². The summed E-state index contributed by atoms with van der Waals surface area (Å²) in [4.78, 5) is 39.7. The van der Waals surface area contributed by atoms with Gasteiger partial charge in [-0.05, 0) is 29.9 Å². The molecule has 2 rings (SSSR count). The molecule has 2 heterocycles. The minimum absolute atomic E-state index is 0.0549. The molecule has 1 aliphatic rings. The Morgan fingerprint density at radius 1 is 1.36 bits per heavy atom. The number of pyridine rings is 1. The average molecular weight is 305 g/mol. The lowest BCUT2D eigenvalue weighted by Gasteiger charge is -2.32. The van der Waals surface area contributed by atoms with Crippen molar-refractivity contribution in [3.05, 3.63) is 33.7 Å². The van der Waals surface area contributed by atoms with Gasteiger partial charge in [0.1, 0.15) is 6.04 Å². The number of carbonyl (C=O) groups excluding carboxylic acids is 2. The Labute approximate surface area is 129 Å². The first-order chi connectivity index (χ1) is 10.4. The summed E-state index contributed by atoms with van der Waals surface area (Å²) >= 11 is 0. The smallest absolute Gasteiger partial charge is 0.248 e. The van der Waals surface area contributed by atoms with Crippen molar-refractivity contribution in [2.75, 3.05) is 6.54 Å². The molecule has 1 unspecified atom stereocenters. The van der Waals surface area contributed by atoms with Crippen LogP contribution in [-0.2, 0) is 22.6 Å². The first kappa shape index (κ1) is 16.3. The SMILES string of the molecule is CC(=O)NC(CC(C)C)C(=O)N1CCc2cc(=O)[nH]cc2C1. The van der Waals surface area contributed by atoms with Crippen molar-refractivity contribution in [1.82, 2.24) is 15.2 Å². The molecule has 1 aliphatic heterocycles. The standard InChI is InChI=1S/C16H23N3O3/c1-10(2)6-14(18-11(3)20)16(22)19-5-4-12-7-15(21)17-8-13(12)9-19/h7-8,10,14H,4-6,9H2,1-3H3,(H,17,21)(H,18,20). The predicted molar refractivity (Wildman–Crippen MR) is 83.2 cm³/mol. The maximum absolute atomic E-state index is 12.7. The highest BCUT2D eigenvalue weighted by Crippen LogP contribution is 2.18. The van der Waals surface area contributed by atoms with E-state index < -0.39 is 6.04 Å². The summed E-state index contributed by atoms with van der Waals surface area (Å²) in [6.45, 7) is 6.52. The molecule has 2 N–H and O–H groups in total. The summed E-state index contributed by atoms with van der Waals surface area (Å²) in [5, 5.41) is 2.75. The number of carbonyl (C=O) groups is 2. The fourth-order valence-electron chi connectivity index (χ4n) is 2.81. The van der Waals surface area contributed by atoms with Gasteiger partial charge in [0.2, 0.25) is 17.4 Å². The third-order valence-corrected chi connectivity index (χ3v) is 3.81. The summed E-state index contributed by atoms with van der Waals surface area (Å²) in [6.07, 6.45) is 2.96. The van der Waals surface area contributed by atoms with Crippen LogP contribution in [-0.4, -0.2) is 34.3 Å². The van der Waals surface area contributed by atoms with Gasteiger partial charge in [0.25, 0.3) is 0 Å². The number of nitrogens with zero attached hydrogens (tertiary/aromatic N) is 1. The van der Waals surface area contributed by atoms with Crippen molar-refractivity contribution >= 4 is 11.8 Å². The number of amides is 2. The fourth-order valence-corrected chi connectivity index (χ4v) is 2.81. The summed E-state index contributed by atoms with van der Waals surface area (Å²) in [6, 6.07) is 1.11. The quantitative estimate of drug-likeness (QED) is 0.863. The van der Waals surface area contributed by atoms with Crippen LogP contribution in [0.15, 0.2) is 17.1 Å². The van der Waals surface area contributed by atoms with Crippen molar-refractivity contribution in [3.63, 3.8) is 0 Å². The molecule has 0 aromatic carbocycles. The molecular formula is C16H23N3O3. The maximum atomic E-state index is 12.7. The molecule has 1 aromatic heterocycles. The van der Waals surface area contributed by atoms with Crippen LogP contribution in [0.5, 0.6) is 0 Å². The lowest BCUT2D eigenvalue weighted by molar-refractivity contribution is -0.137. The highest BCUT2D eigenvalue weighted by molar-refractivity contribution is 5.87. The minimum Gasteiger partial charge on any atom is -0.345 e. The largest absolute Gasteiger partial charge is 0.345 e. The summed E-state index contributed by atoms with van der Waals surface area (Å²) in [7, 11) is 0. The molecule has 1 atom stereocenters. The van der Waals surface area contributed by atoms with E-state index in [0.717, 1.165) is 11.1 Å². The van der Waals surface area contributed by atoms with Crippen LogP contribution in [0.25, 0.3) is 0 Å². The second-order valence-electron chi connectivity index (χ2n) is 6.24. The van der Waals surface area contributed by atoms with Crippen molar-refractivity contribution < 1.29 is 9.59 Å². The molecule has 0 saturated carbocycles. The average Bonchev–Trinajstić information content (AvgIpc) is 2.44. The van der Waals surface area contributed by atoms with E-state index in [4.69, 9.17) is 0 Å². The number of hydrogen-bond acceptors (Lipinski definition) is 3. The van der Waals surface area contributed by atoms with Crippen LogP contribution in [0.2, 0.25) is 0 Å². The van der Waals surface area contributed by atoms with Gasteiger partial charge in [0, 0.05) is 32.3 Å². The van der Waals surface area contributed by atoms with Gasteiger partial charge >= 0.3 is 0 Å². The van der Waals surface area contributed by atoms with Crippen LogP contribution in [0.3, 0.4) is 0 Å². The van der Waals surface area contributed by atoms with Crippen molar-refractivity contribution in [2.24, 2.45) is 5.92 Å². The summed E-state index contributed by atoms with van der Waals surface area (Å²) in [5.41, 5.74) is 1.84. The monoisotopic (exact) mass is 305 g/mol. The zero-order chi connectivity index (χ0) is 16.3. The lowest BCUT2D eigenvalue weighted by Crippen LogP contribution is -2.50. The normalized spacial score (nSPS) is 15.4. The second-order valence-corrected chi connectivity index (χ2v) is 6.24. The molecule has 0 fully saturated rings. The highest BCUT2D eigenvalue weighted by atomic mass is 16.2. The number of H-pyrrole nitrogens is 1. The van der Waals surface area contributed by atoms with E-state index in [-0.39, 0.29) is 17.4 Å². The van der Waals surface area contributed by atoms with E-state index >= 15 is 0 Å².